The fourth-order valence-corrected chi connectivity index (χ4v) is 2.27. The first-order valence-electron chi connectivity index (χ1n) is 6.65. The summed E-state index contributed by atoms with van der Waals surface area (Å²) in [4.78, 5) is 0. The Balaban J connectivity index is 2.03. The third kappa shape index (κ3) is 4.07. The van der Waals surface area contributed by atoms with Crippen LogP contribution in [-0.4, -0.2) is 0 Å². The van der Waals surface area contributed by atoms with Crippen molar-refractivity contribution in [1.82, 2.24) is 0 Å². The smallest absolute Gasteiger partial charge is 0.127 e. The van der Waals surface area contributed by atoms with Gasteiger partial charge in [-0.2, -0.15) is 0 Å². The summed E-state index contributed by atoms with van der Waals surface area (Å²) in [6, 6.07) is 13.1. The standard InChI is InChI=1S/C17H18BrFO/c1-12(2)15-5-3-13(4-6-15)11-20-17-8-14(10-18)7-16(19)9-17/h3-9,12H,10-11H2,1-2H3. The number of benzene rings is 2. The number of hydrogen-bond acceptors (Lipinski definition) is 1. The quantitative estimate of drug-likeness (QED) is 0.662. The fraction of sp³-hybridized carbons (Fsp3) is 0.294. The van der Waals surface area contributed by atoms with Crippen molar-refractivity contribution in [3.63, 3.8) is 0 Å². The van der Waals surface area contributed by atoms with Crippen LogP contribution in [0, 0.1) is 5.82 Å². The molecular weight excluding hydrogens is 319 g/mol. The predicted octanol–water partition coefficient (Wildman–Crippen LogP) is 5.42. The van der Waals surface area contributed by atoms with Crippen LogP contribution in [0.1, 0.15) is 36.5 Å². The summed E-state index contributed by atoms with van der Waals surface area (Å²) in [5.41, 5.74) is 3.26. The normalized spacial score (nSPS) is 10.8. The second kappa shape index (κ2) is 6.89. The largest absolute Gasteiger partial charge is 0.489 e. The van der Waals surface area contributed by atoms with Crippen LogP contribution in [0.25, 0.3) is 0 Å². The average Bonchev–Trinajstić information content (AvgIpc) is 2.45. The first-order chi connectivity index (χ1) is 9.58. The topological polar surface area (TPSA) is 9.23 Å². The van der Waals surface area contributed by atoms with Crippen molar-refractivity contribution in [3.8, 4) is 5.75 Å². The van der Waals surface area contributed by atoms with E-state index in [1.54, 1.807) is 0 Å². The Morgan fingerprint density at radius 1 is 1.05 bits per heavy atom. The van der Waals surface area contributed by atoms with Gasteiger partial charge in [0.05, 0.1) is 0 Å². The Morgan fingerprint density at radius 2 is 1.75 bits per heavy atom. The molecule has 0 fully saturated rings. The molecular formula is C17H18BrFO. The van der Waals surface area contributed by atoms with E-state index < -0.39 is 0 Å². The maximum Gasteiger partial charge on any atom is 0.127 e. The first-order valence-corrected chi connectivity index (χ1v) is 7.77. The van der Waals surface area contributed by atoms with Crippen molar-refractivity contribution in [2.45, 2.75) is 31.7 Å². The van der Waals surface area contributed by atoms with Gasteiger partial charge in [-0.25, -0.2) is 4.39 Å². The maximum absolute atomic E-state index is 13.4. The molecule has 2 rings (SSSR count). The summed E-state index contributed by atoms with van der Waals surface area (Å²) in [7, 11) is 0. The Kier molecular flexibility index (Phi) is 5.18. The summed E-state index contributed by atoms with van der Waals surface area (Å²) in [5.74, 6) is 0.814. The first kappa shape index (κ1) is 15.0. The van der Waals surface area contributed by atoms with E-state index in [4.69, 9.17) is 4.74 Å². The monoisotopic (exact) mass is 336 g/mol. The second-order valence-corrected chi connectivity index (χ2v) is 5.67. The van der Waals surface area contributed by atoms with Crippen molar-refractivity contribution in [2.75, 3.05) is 0 Å². The summed E-state index contributed by atoms with van der Waals surface area (Å²) in [6.07, 6.45) is 0. The summed E-state index contributed by atoms with van der Waals surface area (Å²) >= 11 is 3.32. The molecule has 3 heteroatoms. The fourth-order valence-electron chi connectivity index (χ4n) is 1.95. The molecule has 106 valence electrons. The molecule has 0 aliphatic heterocycles. The van der Waals surface area contributed by atoms with E-state index in [0.29, 0.717) is 23.6 Å². The third-order valence-electron chi connectivity index (χ3n) is 3.14. The summed E-state index contributed by atoms with van der Waals surface area (Å²) < 4.78 is 19.0. The van der Waals surface area contributed by atoms with Crippen molar-refractivity contribution in [1.29, 1.82) is 0 Å². The van der Waals surface area contributed by atoms with Gasteiger partial charge in [0.2, 0.25) is 0 Å². The number of ether oxygens (including phenoxy) is 1. The lowest BCUT2D eigenvalue weighted by atomic mass is 10.0. The molecule has 2 aromatic carbocycles. The van der Waals surface area contributed by atoms with Crippen molar-refractivity contribution in [3.05, 3.63) is 65.0 Å². The van der Waals surface area contributed by atoms with Crippen LogP contribution in [0.3, 0.4) is 0 Å². The highest BCUT2D eigenvalue weighted by atomic mass is 79.9. The lowest BCUT2D eigenvalue weighted by Gasteiger charge is -2.10. The van der Waals surface area contributed by atoms with Gasteiger partial charge in [-0.15, -0.1) is 0 Å². The zero-order valence-electron chi connectivity index (χ0n) is 11.7. The molecule has 0 aliphatic rings. The molecule has 20 heavy (non-hydrogen) atoms. The van der Waals surface area contributed by atoms with E-state index in [-0.39, 0.29) is 5.82 Å². The van der Waals surface area contributed by atoms with Gasteiger partial charge in [0.15, 0.2) is 0 Å². The Hall–Kier alpha value is -1.35. The number of rotatable bonds is 5. The van der Waals surface area contributed by atoms with Gasteiger partial charge in [-0.05, 0) is 34.7 Å². The zero-order chi connectivity index (χ0) is 14.5. The Labute approximate surface area is 127 Å². The minimum absolute atomic E-state index is 0.271. The summed E-state index contributed by atoms with van der Waals surface area (Å²) in [6.45, 7) is 4.78. The molecule has 0 N–H and O–H groups in total. The van der Waals surface area contributed by atoms with Crippen LogP contribution in [0.2, 0.25) is 0 Å². The zero-order valence-corrected chi connectivity index (χ0v) is 13.3. The SMILES string of the molecule is CC(C)c1ccc(COc2cc(F)cc(CBr)c2)cc1. The van der Waals surface area contributed by atoms with Gasteiger partial charge in [0, 0.05) is 11.4 Å². The molecule has 0 aromatic heterocycles. The average molecular weight is 337 g/mol. The van der Waals surface area contributed by atoms with Crippen molar-refractivity contribution in [2.24, 2.45) is 0 Å². The molecule has 0 aliphatic carbocycles. The van der Waals surface area contributed by atoms with Gasteiger partial charge < -0.3 is 4.74 Å². The number of hydrogen-bond donors (Lipinski definition) is 0. The van der Waals surface area contributed by atoms with Gasteiger partial charge in [0.1, 0.15) is 18.2 Å². The molecule has 1 nitrogen and oxygen atoms in total. The van der Waals surface area contributed by atoms with Crippen LogP contribution < -0.4 is 4.74 Å². The highest BCUT2D eigenvalue weighted by Gasteiger charge is 2.03. The molecule has 0 amide bonds. The highest BCUT2D eigenvalue weighted by Crippen LogP contribution is 2.20. The van der Waals surface area contributed by atoms with Crippen LogP contribution in [0.5, 0.6) is 5.75 Å². The van der Waals surface area contributed by atoms with Gasteiger partial charge in [-0.3, -0.25) is 0 Å². The molecule has 0 atom stereocenters. The minimum Gasteiger partial charge on any atom is -0.489 e. The van der Waals surface area contributed by atoms with Crippen LogP contribution in [0.4, 0.5) is 4.39 Å². The van der Waals surface area contributed by atoms with Crippen LogP contribution in [0.15, 0.2) is 42.5 Å². The lowest BCUT2D eigenvalue weighted by molar-refractivity contribution is 0.304. The van der Waals surface area contributed by atoms with E-state index in [9.17, 15) is 4.39 Å². The van der Waals surface area contributed by atoms with Gasteiger partial charge >= 0.3 is 0 Å². The number of alkyl halides is 1. The molecule has 0 radical (unpaired) electrons. The van der Waals surface area contributed by atoms with Crippen LogP contribution >= 0.6 is 15.9 Å². The van der Waals surface area contributed by atoms with Crippen molar-refractivity contribution < 1.29 is 9.13 Å². The van der Waals surface area contributed by atoms with E-state index in [1.165, 1.54) is 17.7 Å². The van der Waals surface area contributed by atoms with Crippen LogP contribution in [-0.2, 0) is 11.9 Å². The molecule has 0 unspecified atom stereocenters. The highest BCUT2D eigenvalue weighted by molar-refractivity contribution is 9.08. The van der Waals surface area contributed by atoms with E-state index >= 15 is 0 Å². The Morgan fingerprint density at radius 3 is 2.35 bits per heavy atom. The van der Waals surface area contributed by atoms with Crippen molar-refractivity contribution >= 4 is 15.9 Å². The molecule has 0 heterocycles. The lowest BCUT2D eigenvalue weighted by Crippen LogP contribution is -1.97. The number of halogens is 2. The molecule has 0 spiro atoms. The third-order valence-corrected chi connectivity index (χ3v) is 3.78. The second-order valence-electron chi connectivity index (χ2n) is 5.11. The Bertz CT molecular complexity index is 564. The summed E-state index contributed by atoms with van der Waals surface area (Å²) in [5, 5.41) is 0.615. The van der Waals surface area contributed by atoms with Gasteiger partial charge in [0.25, 0.3) is 0 Å². The minimum atomic E-state index is -0.271. The van der Waals surface area contributed by atoms with Gasteiger partial charge in [-0.1, -0.05) is 54.0 Å². The maximum atomic E-state index is 13.4. The predicted molar refractivity (Wildman–Crippen MR) is 83.9 cm³/mol. The molecule has 2 aromatic rings. The molecule has 0 saturated heterocycles. The van der Waals surface area contributed by atoms with E-state index in [2.05, 4.69) is 54.0 Å². The van der Waals surface area contributed by atoms with E-state index in [0.717, 1.165) is 11.1 Å². The molecule has 0 saturated carbocycles. The van der Waals surface area contributed by atoms with E-state index in [1.807, 2.05) is 6.07 Å². The molecule has 0 bridgehead atoms.